The third kappa shape index (κ3) is 3.79. The van der Waals surface area contributed by atoms with Crippen molar-refractivity contribution in [3.8, 4) is 5.88 Å². The zero-order valence-corrected chi connectivity index (χ0v) is 14.7. The second-order valence-electron chi connectivity index (χ2n) is 7.32. The number of anilines is 1. The van der Waals surface area contributed by atoms with Crippen LogP contribution in [-0.4, -0.2) is 40.9 Å². The van der Waals surface area contributed by atoms with Gasteiger partial charge in [0.1, 0.15) is 0 Å². The number of alkyl halides is 3. The molecule has 1 aliphatic carbocycles. The van der Waals surface area contributed by atoms with E-state index in [1.807, 2.05) is 6.92 Å². The molecule has 1 N–H and O–H groups in total. The predicted octanol–water partition coefficient (Wildman–Crippen LogP) is 3.46. The fraction of sp³-hybridized carbons (Fsp3) is 0.667. The Morgan fingerprint density at radius 3 is 2.46 bits per heavy atom. The number of pyridine rings is 1. The van der Waals surface area contributed by atoms with Gasteiger partial charge in [-0.15, -0.1) is 0 Å². The van der Waals surface area contributed by atoms with Gasteiger partial charge in [0, 0.05) is 12.6 Å². The topological polar surface area (TPSA) is 62.7 Å². The van der Waals surface area contributed by atoms with Gasteiger partial charge < -0.3 is 14.7 Å². The first-order valence-corrected chi connectivity index (χ1v) is 8.86. The standard InChI is InChI=1S/C18H23F3N2O3/c1-2-17(25)7-5-16(6-8-17)9-10-23(15(16)24)13-3-4-14(22-11-13)26-12-18(19,20)21/h3-4,11,25H,2,5-10,12H2,1H3. The molecule has 1 aromatic heterocycles. The summed E-state index contributed by atoms with van der Waals surface area (Å²) >= 11 is 0. The maximum Gasteiger partial charge on any atom is 0.422 e. The molecule has 8 heteroatoms. The average molecular weight is 372 g/mol. The highest BCUT2D eigenvalue weighted by molar-refractivity contribution is 5.99. The number of aromatic nitrogens is 1. The molecule has 2 heterocycles. The minimum absolute atomic E-state index is 0.0152. The van der Waals surface area contributed by atoms with Crippen LogP contribution in [0, 0.1) is 5.41 Å². The van der Waals surface area contributed by atoms with Crippen molar-refractivity contribution in [1.82, 2.24) is 4.98 Å². The zero-order valence-electron chi connectivity index (χ0n) is 14.7. The molecule has 0 bridgehead atoms. The van der Waals surface area contributed by atoms with Crippen molar-refractivity contribution in [1.29, 1.82) is 0 Å². The maximum absolute atomic E-state index is 13.0. The second-order valence-corrected chi connectivity index (χ2v) is 7.32. The molecule has 0 unspecified atom stereocenters. The number of carbonyl (C=O) groups is 1. The molecule has 1 amide bonds. The van der Waals surface area contributed by atoms with Gasteiger partial charge in [-0.25, -0.2) is 4.98 Å². The molecule has 1 aliphatic heterocycles. The van der Waals surface area contributed by atoms with E-state index in [1.165, 1.54) is 12.3 Å². The Balaban J connectivity index is 1.65. The van der Waals surface area contributed by atoms with Crippen LogP contribution in [0.3, 0.4) is 0 Å². The van der Waals surface area contributed by atoms with Crippen molar-refractivity contribution < 1.29 is 27.8 Å². The second kappa shape index (κ2) is 6.72. The van der Waals surface area contributed by atoms with Crippen LogP contribution in [0.1, 0.15) is 45.4 Å². The van der Waals surface area contributed by atoms with Gasteiger partial charge in [0.2, 0.25) is 11.8 Å². The molecular weight excluding hydrogens is 349 g/mol. The average Bonchev–Trinajstić information content (AvgIpc) is 2.93. The minimum atomic E-state index is -4.42. The lowest BCUT2D eigenvalue weighted by Gasteiger charge is -2.40. The lowest BCUT2D eigenvalue weighted by Crippen LogP contribution is -2.43. The van der Waals surface area contributed by atoms with E-state index >= 15 is 0 Å². The van der Waals surface area contributed by atoms with E-state index in [2.05, 4.69) is 9.72 Å². The molecule has 1 saturated heterocycles. The van der Waals surface area contributed by atoms with Crippen molar-refractivity contribution in [3.63, 3.8) is 0 Å². The summed E-state index contributed by atoms with van der Waals surface area (Å²) in [6, 6.07) is 2.90. The summed E-state index contributed by atoms with van der Waals surface area (Å²) in [6.07, 6.45) is 0.909. The van der Waals surface area contributed by atoms with Gasteiger partial charge in [-0.05, 0) is 44.6 Å². The number of aliphatic hydroxyl groups is 1. The van der Waals surface area contributed by atoms with E-state index < -0.39 is 23.8 Å². The largest absolute Gasteiger partial charge is 0.468 e. The van der Waals surface area contributed by atoms with E-state index in [4.69, 9.17) is 0 Å². The van der Waals surface area contributed by atoms with Crippen LogP contribution >= 0.6 is 0 Å². The summed E-state index contributed by atoms with van der Waals surface area (Å²) in [6.45, 7) is 1.11. The van der Waals surface area contributed by atoms with Crippen LogP contribution in [0.5, 0.6) is 5.88 Å². The number of ether oxygens (including phenoxy) is 1. The van der Waals surface area contributed by atoms with Gasteiger partial charge in [-0.2, -0.15) is 13.2 Å². The maximum atomic E-state index is 13.0. The molecule has 1 aromatic rings. The van der Waals surface area contributed by atoms with Crippen molar-refractivity contribution in [2.24, 2.45) is 5.41 Å². The number of halogens is 3. The van der Waals surface area contributed by atoms with Gasteiger partial charge in [-0.1, -0.05) is 6.92 Å². The third-order valence-corrected chi connectivity index (χ3v) is 5.72. The Kier molecular flexibility index (Phi) is 4.90. The molecule has 144 valence electrons. The van der Waals surface area contributed by atoms with Crippen molar-refractivity contribution >= 4 is 11.6 Å². The van der Waals surface area contributed by atoms with E-state index in [9.17, 15) is 23.1 Å². The molecule has 2 fully saturated rings. The number of rotatable bonds is 4. The quantitative estimate of drug-likeness (QED) is 0.879. The van der Waals surface area contributed by atoms with Crippen LogP contribution in [0.4, 0.5) is 18.9 Å². The van der Waals surface area contributed by atoms with Crippen molar-refractivity contribution in [2.45, 2.75) is 57.2 Å². The molecule has 1 saturated carbocycles. The Morgan fingerprint density at radius 2 is 1.92 bits per heavy atom. The van der Waals surface area contributed by atoms with Crippen LogP contribution in [0.15, 0.2) is 18.3 Å². The summed E-state index contributed by atoms with van der Waals surface area (Å²) in [5.74, 6) is -0.112. The van der Waals surface area contributed by atoms with Crippen molar-refractivity contribution in [3.05, 3.63) is 18.3 Å². The van der Waals surface area contributed by atoms with Crippen LogP contribution < -0.4 is 9.64 Å². The predicted molar refractivity (Wildman–Crippen MR) is 88.9 cm³/mol. The highest BCUT2D eigenvalue weighted by Crippen LogP contribution is 2.49. The van der Waals surface area contributed by atoms with Crippen LogP contribution in [0.25, 0.3) is 0 Å². The zero-order chi connectivity index (χ0) is 19.0. The van der Waals surface area contributed by atoms with Crippen molar-refractivity contribution in [2.75, 3.05) is 18.1 Å². The lowest BCUT2D eigenvalue weighted by atomic mass is 9.67. The highest BCUT2D eigenvalue weighted by Gasteiger charge is 2.51. The SMILES string of the molecule is CCC1(O)CCC2(CCN(c3ccc(OCC(F)(F)F)nc3)C2=O)CC1. The molecule has 1 spiro atoms. The first-order valence-electron chi connectivity index (χ1n) is 8.86. The summed E-state index contributed by atoms with van der Waals surface area (Å²) < 4.78 is 41.1. The fourth-order valence-corrected chi connectivity index (χ4v) is 3.85. The summed E-state index contributed by atoms with van der Waals surface area (Å²) in [7, 11) is 0. The molecule has 0 aromatic carbocycles. The smallest absolute Gasteiger partial charge is 0.422 e. The Bertz CT molecular complexity index is 653. The Hall–Kier alpha value is -1.83. The molecule has 3 rings (SSSR count). The van der Waals surface area contributed by atoms with E-state index in [0.29, 0.717) is 44.3 Å². The van der Waals surface area contributed by atoms with E-state index in [-0.39, 0.29) is 11.8 Å². The highest BCUT2D eigenvalue weighted by atomic mass is 19.4. The molecule has 0 radical (unpaired) electrons. The first kappa shape index (κ1) is 18.9. The number of nitrogens with zero attached hydrogens (tertiary/aromatic N) is 2. The number of carbonyl (C=O) groups excluding carboxylic acids is 1. The number of hydrogen-bond donors (Lipinski definition) is 1. The summed E-state index contributed by atoms with van der Waals surface area (Å²) in [4.78, 5) is 18.5. The summed E-state index contributed by atoms with van der Waals surface area (Å²) in [5, 5.41) is 10.4. The van der Waals surface area contributed by atoms with Gasteiger partial charge in [0.05, 0.1) is 22.9 Å². The Morgan fingerprint density at radius 1 is 1.23 bits per heavy atom. The summed E-state index contributed by atoms with van der Waals surface area (Å²) in [5.41, 5.74) is -0.548. The minimum Gasteiger partial charge on any atom is -0.468 e. The van der Waals surface area contributed by atoms with Gasteiger partial charge in [0.25, 0.3) is 0 Å². The van der Waals surface area contributed by atoms with Gasteiger partial charge in [-0.3, -0.25) is 4.79 Å². The normalized spacial score (nSPS) is 29.4. The fourth-order valence-electron chi connectivity index (χ4n) is 3.85. The van der Waals surface area contributed by atoms with Gasteiger partial charge >= 0.3 is 6.18 Å². The Labute approximate surface area is 150 Å². The lowest BCUT2D eigenvalue weighted by molar-refractivity contribution is -0.154. The van der Waals surface area contributed by atoms with Gasteiger partial charge in [0.15, 0.2) is 6.61 Å². The number of amides is 1. The molecule has 5 nitrogen and oxygen atoms in total. The van der Waals surface area contributed by atoms with Crippen LogP contribution in [0.2, 0.25) is 0 Å². The molecular formula is C18H23F3N2O3. The first-order chi connectivity index (χ1) is 12.2. The third-order valence-electron chi connectivity index (χ3n) is 5.72. The van der Waals surface area contributed by atoms with Crippen LogP contribution in [-0.2, 0) is 4.79 Å². The number of hydrogen-bond acceptors (Lipinski definition) is 4. The molecule has 26 heavy (non-hydrogen) atoms. The monoisotopic (exact) mass is 372 g/mol. The molecule has 0 atom stereocenters. The van der Waals surface area contributed by atoms with E-state index in [0.717, 1.165) is 6.42 Å². The molecule has 2 aliphatic rings. The van der Waals surface area contributed by atoms with E-state index in [1.54, 1.807) is 11.0 Å².